The largest absolute Gasteiger partial charge is 0.295 e. The second kappa shape index (κ2) is 2.17. The zero-order valence-corrected chi connectivity index (χ0v) is 4.83. The third-order valence-electron chi connectivity index (χ3n) is 0.667. The van der Waals surface area contributed by atoms with E-state index in [1.165, 1.54) is 17.5 Å². The number of hydrogen-bond acceptors (Lipinski definition) is 3. The average molecular weight is 130 g/mol. The summed E-state index contributed by atoms with van der Waals surface area (Å²) in [6, 6.07) is 0. The van der Waals surface area contributed by atoms with Gasteiger partial charge in [0.1, 0.15) is 5.75 Å². The minimum absolute atomic E-state index is 0.206. The van der Waals surface area contributed by atoms with E-state index in [1.54, 1.807) is 0 Å². The molecule has 2 amide bonds. The smallest absolute Gasteiger partial charge is 0.241 e. The van der Waals surface area contributed by atoms with Crippen molar-refractivity contribution >= 4 is 23.6 Å². The lowest BCUT2D eigenvalue weighted by Gasteiger charge is -2.06. The van der Waals surface area contributed by atoms with Crippen LogP contribution in [0.5, 0.6) is 0 Å². The Hall–Kier alpha value is -0.510. The molecule has 3 nitrogen and oxygen atoms in total. The fourth-order valence-corrected chi connectivity index (χ4v) is 0.913. The molecule has 0 bridgehead atoms. The maximum Gasteiger partial charge on any atom is 0.241 e. The molecule has 0 spiro atoms. The summed E-state index contributed by atoms with van der Waals surface area (Å²) in [6.07, 6.45) is 0. The molecule has 1 rings (SSSR count). The van der Waals surface area contributed by atoms with Crippen molar-refractivity contribution in [2.75, 3.05) is 5.75 Å². The van der Waals surface area contributed by atoms with Crippen molar-refractivity contribution < 1.29 is 9.59 Å². The first-order valence-electron chi connectivity index (χ1n) is 2.07. The molecule has 1 fully saturated rings. The van der Waals surface area contributed by atoms with E-state index in [4.69, 9.17) is 0 Å². The number of thioether (sulfide) groups is 1. The lowest BCUT2D eigenvalue weighted by molar-refractivity contribution is -0.127. The van der Waals surface area contributed by atoms with Crippen LogP contribution >= 0.6 is 11.8 Å². The first-order chi connectivity index (χ1) is 3.79. The van der Waals surface area contributed by atoms with Gasteiger partial charge >= 0.3 is 0 Å². The Labute approximate surface area is 50.8 Å². The van der Waals surface area contributed by atoms with Gasteiger partial charge in [0.15, 0.2) is 0 Å². The van der Waals surface area contributed by atoms with Crippen molar-refractivity contribution in [3.8, 4) is 0 Å². The van der Waals surface area contributed by atoms with Gasteiger partial charge in [-0.15, -0.1) is 11.8 Å². The molecular weight excluding hydrogens is 126 g/mol. The summed E-state index contributed by atoms with van der Waals surface area (Å²) in [4.78, 5) is 20.6. The van der Waals surface area contributed by atoms with Crippen molar-refractivity contribution in [3.05, 3.63) is 5.75 Å². The highest BCUT2D eigenvalue weighted by molar-refractivity contribution is 8.02. The van der Waals surface area contributed by atoms with Crippen molar-refractivity contribution in [2.45, 2.75) is 0 Å². The Bertz CT molecular complexity index is 120. The van der Waals surface area contributed by atoms with Crippen LogP contribution < -0.4 is 5.32 Å². The molecule has 1 aliphatic rings. The van der Waals surface area contributed by atoms with Gasteiger partial charge in [0, 0.05) is 0 Å². The summed E-state index contributed by atoms with van der Waals surface area (Å²) in [6.45, 7) is 0. The number of hydrogen-bond donors (Lipinski definition) is 1. The lowest BCUT2D eigenvalue weighted by Crippen LogP contribution is -2.35. The lowest BCUT2D eigenvalue weighted by atomic mass is 10.6. The summed E-state index contributed by atoms with van der Waals surface area (Å²) in [5.74, 6) is 1.25. The van der Waals surface area contributed by atoms with Crippen molar-refractivity contribution in [1.82, 2.24) is 5.32 Å². The van der Waals surface area contributed by atoms with Crippen LogP contribution in [0, 0.1) is 5.75 Å². The molecule has 0 saturated carbocycles. The van der Waals surface area contributed by atoms with E-state index in [2.05, 4.69) is 5.32 Å². The van der Waals surface area contributed by atoms with Gasteiger partial charge in [-0.3, -0.25) is 14.9 Å². The summed E-state index contributed by atoms with van der Waals surface area (Å²) >= 11 is 1.22. The molecule has 0 aliphatic carbocycles. The number of nitrogens with one attached hydrogen (secondary N) is 1. The Balaban J connectivity index is 2.45. The zero-order valence-electron chi connectivity index (χ0n) is 4.01. The molecule has 43 valence electrons. The van der Waals surface area contributed by atoms with Crippen LogP contribution in [0.25, 0.3) is 0 Å². The minimum Gasteiger partial charge on any atom is -0.295 e. The van der Waals surface area contributed by atoms with Crippen LogP contribution in [-0.2, 0) is 9.59 Å². The predicted octanol–water partition coefficient (Wildman–Crippen LogP) is -0.462. The quantitative estimate of drug-likeness (QED) is 0.451. The topological polar surface area (TPSA) is 46.2 Å². The van der Waals surface area contributed by atoms with Crippen LogP contribution in [0.15, 0.2) is 0 Å². The third kappa shape index (κ3) is 1.23. The van der Waals surface area contributed by atoms with E-state index in [1.807, 2.05) is 0 Å². The summed E-state index contributed by atoms with van der Waals surface area (Å²) in [5.41, 5.74) is 0. The Morgan fingerprint density at radius 1 is 1.62 bits per heavy atom. The molecular formula is C4H4NO2S. The first-order valence-corrected chi connectivity index (χ1v) is 3.12. The number of amides is 2. The molecule has 1 saturated heterocycles. The fraction of sp³-hybridized carbons (Fsp3) is 0.250. The van der Waals surface area contributed by atoms with E-state index in [0.29, 0.717) is 5.75 Å². The number of rotatable bonds is 0. The van der Waals surface area contributed by atoms with E-state index in [-0.39, 0.29) is 11.8 Å². The van der Waals surface area contributed by atoms with Gasteiger partial charge in [-0.1, -0.05) is 0 Å². The molecule has 1 aliphatic heterocycles. The highest BCUT2D eigenvalue weighted by Crippen LogP contribution is 2.07. The van der Waals surface area contributed by atoms with Crippen LogP contribution in [0.2, 0.25) is 0 Å². The second-order valence-corrected chi connectivity index (χ2v) is 2.20. The monoisotopic (exact) mass is 130 g/mol. The summed E-state index contributed by atoms with van der Waals surface area (Å²) in [7, 11) is 0. The van der Waals surface area contributed by atoms with E-state index in [0.717, 1.165) is 0 Å². The fourth-order valence-electron chi connectivity index (χ4n) is 0.396. The van der Waals surface area contributed by atoms with Gasteiger partial charge < -0.3 is 0 Å². The molecule has 1 heterocycles. The minimum atomic E-state index is -0.300. The molecule has 0 aromatic rings. The normalized spacial score (nSPS) is 20.5. The SMILES string of the molecule is O=C1[CH]SCC(=O)N1. The van der Waals surface area contributed by atoms with Crippen molar-refractivity contribution in [2.24, 2.45) is 0 Å². The van der Waals surface area contributed by atoms with E-state index in [9.17, 15) is 9.59 Å². The van der Waals surface area contributed by atoms with Gasteiger partial charge in [-0.05, 0) is 0 Å². The van der Waals surface area contributed by atoms with Gasteiger partial charge in [0.05, 0.1) is 5.75 Å². The highest BCUT2D eigenvalue weighted by atomic mass is 32.2. The van der Waals surface area contributed by atoms with Gasteiger partial charge in [-0.25, -0.2) is 0 Å². The standard InChI is InChI=1S/C4H4NO2S/c6-3-1-8-2-4(7)5-3/h1H,2H2,(H,5,6,7). The molecule has 4 heteroatoms. The number of carbonyl (C=O) groups is 2. The first kappa shape index (κ1) is 5.62. The second-order valence-electron chi connectivity index (χ2n) is 1.34. The average Bonchev–Trinajstić information content (AvgIpc) is 1.64. The molecule has 1 radical (unpaired) electrons. The highest BCUT2D eigenvalue weighted by Gasteiger charge is 2.14. The number of carbonyl (C=O) groups excluding carboxylic acids is 2. The van der Waals surface area contributed by atoms with E-state index < -0.39 is 0 Å². The summed E-state index contributed by atoms with van der Waals surface area (Å²) < 4.78 is 0. The third-order valence-corrected chi connectivity index (χ3v) is 1.48. The molecule has 0 aromatic heterocycles. The van der Waals surface area contributed by atoms with Crippen molar-refractivity contribution in [1.29, 1.82) is 0 Å². The van der Waals surface area contributed by atoms with Gasteiger partial charge in [-0.2, -0.15) is 0 Å². The summed E-state index contributed by atoms with van der Waals surface area (Å²) in [5, 5.41) is 2.12. The molecule has 0 aromatic carbocycles. The Kier molecular flexibility index (Phi) is 1.53. The predicted molar refractivity (Wildman–Crippen MR) is 29.9 cm³/mol. The van der Waals surface area contributed by atoms with Gasteiger partial charge in [0.25, 0.3) is 0 Å². The van der Waals surface area contributed by atoms with Crippen LogP contribution in [0.1, 0.15) is 0 Å². The van der Waals surface area contributed by atoms with Crippen LogP contribution in [-0.4, -0.2) is 17.6 Å². The molecule has 1 N–H and O–H groups in total. The van der Waals surface area contributed by atoms with Crippen LogP contribution in [0.3, 0.4) is 0 Å². The molecule has 8 heavy (non-hydrogen) atoms. The Morgan fingerprint density at radius 2 is 2.38 bits per heavy atom. The molecule has 0 atom stereocenters. The zero-order chi connectivity index (χ0) is 5.98. The number of imide groups is 1. The van der Waals surface area contributed by atoms with Gasteiger partial charge in [0.2, 0.25) is 11.8 Å². The maximum absolute atomic E-state index is 10.3. The molecule has 0 unspecified atom stereocenters. The van der Waals surface area contributed by atoms with Crippen LogP contribution in [0.4, 0.5) is 0 Å². The Morgan fingerprint density at radius 3 is 2.75 bits per heavy atom. The van der Waals surface area contributed by atoms with Crippen molar-refractivity contribution in [3.63, 3.8) is 0 Å². The van der Waals surface area contributed by atoms with E-state index >= 15 is 0 Å². The maximum atomic E-state index is 10.3.